The summed E-state index contributed by atoms with van der Waals surface area (Å²) in [4.78, 5) is 12.7. The summed E-state index contributed by atoms with van der Waals surface area (Å²) in [7, 11) is 0. The highest BCUT2D eigenvalue weighted by atomic mass is 32.1. The van der Waals surface area contributed by atoms with E-state index < -0.39 is 5.41 Å². The number of hydrogen-bond acceptors (Lipinski definition) is 1. The van der Waals surface area contributed by atoms with Gasteiger partial charge in [0, 0.05) is 5.56 Å². The lowest BCUT2D eigenvalue weighted by atomic mass is 9.75. The first-order valence-electron chi connectivity index (χ1n) is 7.24. The molecule has 0 aliphatic heterocycles. The monoisotopic (exact) mass is 308 g/mol. The Morgan fingerprint density at radius 1 is 0.955 bits per heavy atom. The number of benzene rings is 2. The predicted octanol–water partition coefficient (Wildman–Crippen LogP) is 5.03. The Hall–Kier alpha value is -2.06. The van der Waals surface area contributed by atoms with Crippen molar-refractivity contribution in [2.45, 2.75) is 13.3 Å². The fraction of sp³-hybridized carbons (Fsp3) is 0.150. The lowest BCUT2D eigenvalue weighted by Gasteiger charge is -2.26. The van der Waals surface area contributed by atoms with Crippen LogP contribution in [0, 0.1) is 5.41 Å². The van der Waals surface area contributed by atoms with Crippen molar-refractivity contribution in [1.29, 1.82) is 0 Å². The molecule has 0 radical (unpaired) electrons. The molecule has 2 heteroatoms. The number of carbonyl (C=O) groups excluding carboxylic acids is 1. The molecule has 0 aromatic heterocycles. The molecular weight excluding hydrogens is 288 g/mol. The average molecular weight is 308 g/mol. The molecule has 0 N–H and O–H groups in total. The molecule has 2 aromatic rings. The van der Waals surface area contributed by atoms with Gasteiger partial charge in [-0.15, -0.1) is 0 Å². The summed E-state index contributed by atoms with van der Waals surface area (Å²) in [6.07, 6.45) is 7.02. The molecule has 2 aromatic carbocycles. The van der Waals surface area contributed by atoms with Gasteiger partial charge >= 0.3 is 0 Å². The van der Waals surface area contributed by atoms with E-state index in [0.29, 0.717) is 0 Å². The molecule has 0 saturated heterocycles. The van der Waals surface area contributed by atoms with E-state index >= 15 is 0 Å². The smallest absolute Gasteiger partial charge is 0.172 e. The van der Waals surface area contributed by atoms with Gasteiger partial charge in [-0.1, -0.05) is 78.9 Å². The number of hydrogen-bond donors (Lipinski definition) is 0. The van der Waals surface area contributed by atoms with Gasteiger partial charge in [-0.3, -0.25) is 4.79 Å². The lowest BCUT2D eigenvalue weighted by Crippen LogP contribution is -2.26. The van der Waals surface area contributed by atoms with Crippen LogP contribution in [0.25, 0.3) is 5.57 Å². The third kappa shape index (κ3) is 3.23. The Balaban J connectivity index is 0.00000176. The minimum atomic E-state index is -0.445. The third-order valence-corrected chi connectivity index (χ3v) is 4.04. The molecule has 1 aliphatic rings. The first kappa shape index (κ1) is 16.3. The second kappa shape index (κ2) is 6.80. The quantitative estimate of drug-likeness (QED) is 0.727. The topological polar surface area (TPSA) is 17.1 Å². The molecule has 1 atom stereocenters. The summed E-state index contributed by atoms with van der Waals surface area (Å²) in [5.41, 5.74) is 2.72. The highest BCUT2D eigenvalue weighted by molar-refractivity contribution is 7.59. The molecule has 22 heavy (non-hydrogen) atoms. The molecule has 0 bridgehead atoms. The van der Waals surface area contributed by atoms with Gasteiger partial charge < -0.3 is 0 Å². The Bertz CT molecular complexity index is 701. The minimum absolute atomic E-state index is 0. The van der Waals surface area contributed by atoms with E-state index in [0.717, 1.165) is 12.0 Å². The molecule has 3 rings (SSSR count). The number of ketones is 1. The van der Waals surface area contributed by atoms with Crippen molar-refractivity contribution in [3.8, 4) is 0 Å². The van der Waals surface area contributed by atoms with E-state index in [9.17, 15) is 4.79 Å². The predicted molar refractivity (Wildman–Crippen MR) is 97.4 cm³/mol. The number of allylic oxidation sites excluding steroid dienone is 4. The van der Waals surface area contributed by atoms with Gasteiger partial charge in [0.2, 0.25) is 0 Å². The second-order valence-corrected chi connectivity index (χ2v) is 5.68. The summed E-state index contributed by atoms with van der Waals surface area (Å²) in [6.45, 7) is 2.01. The molecule has 0 amide bonds. The number of carbonyl (C=O) groups is 1. The van der Waals surface area contributed by atoms with Crippen LogP contribution < -0.4 is 0 Å². The molecule has 1 nitrogen and oxygen atoms in total. The molecule has 0 heterocycles. The summed E-state index contributed by atoms with van der Waals surface area (Å²) >= 11 is 0. The van der Waals surface area contributed by atoms with Crippen LogP contribution in [-0.2, 0) is 0 Å². The Morgan fingerprint density at radius 3 is 2.09 bits per heavy atom. The SMILES string of the molecule is CC1(C(=O)c2ccccc2)C=CC(c2ccccc2)=CC1.S. The van der Waals surface area contributed by atoms with E-state index in [1.165, 1.54) is 11.1 Å². The van der Waals surface area contributed by atoms with Gasteiger partial charge in [-0.2, -0.15) is 13.5 Å². The van der Waals surface area contributed by atoms with Gasteiger partial charge in [-0.05, 0) is 24.5 Å². The maximum absolute atomic E-state index is 12.7. The zero-order valence-corrected chi connectivity index (χ0v) is 13.6. The number of Topliss-reactive ketones (excluding diaryl/α,β-unsaturated/α-hetero) is 1. The Labute approximate surface area is 138 Å². The maximum Gasteiger partial charge on any atom is 0.172 e. The van der Waals surface area contributed by atoms with Crippen molar-refractivity contribution in [3.63, 3.8) is 0 Å². The fourth-order valence-corrected chi connectivity index (χ4v) is 2.66. The van der Waals surface area contributed by atoms with E-state index in [-0.39, 0.29) is 19.3 Å². The molecular formula is C20H20OS. The van der Waals surface area contributed by atoms with Crippen LogP contribution in [0.4, 0.5) is 0 Å². The largest absolute Gasteiger partial charge is 0.293 e. The van der Waals surface area contributed by atoms with Gasteiger partial charge in [0.25, 0.3) is 0 Å². The summed E-state index contributed by atoms with van der Waals surface area (Å²) in [6, 6.07) is 19.8. The highest BCUT2D eigenvalue weighted by Crippen LogP contribution is 2.35. The fourth-order valence-electron chi connectivity index (χ4n) is 2.66. The van der Waals surface area contributed by atoms with Crippen molar-refractivity contribution in [1.82, 2.24) is 0 Å². The highest BCUT2D eigenvalue weighted by Gasteiger charge is 2.31. The summed E-state index contributed by atoms with van der Waals surface area (Å²) in [5.74, 6) is 0.183. The number of rotatable bonds is 3. The van der Waals surface area contributed by atoms with Gasteiger partial charge in [-0.25, -0.2) is 0 Å². The van der Waals surface area contributed by atoms with E-state index in [1.54, 1.807) is 0 Å². The molecule has 0 saturated carbocycles. The Morgan fingerprint density at radius 2 is 1.55 bits per heavy atom. The zero-order valence-electron chi connectivity index (χ0n) is 12.6. The first-order valence-corrected chi connectivity index (χ1v) is 7.24. The molecule has 1 unspecified atom stereocenters. The lowest BCUT2D eigenvalue weighted by molar-refractivity contribution is 0.0871. The van der Waals surface area contributed by atoms with Crippen LogP contribution in [0.3, 0.4) is 0 Å². The van der Waals surface area contributed by atoms with Crippen molar-refractivity contribution in [2.75, 3.05) is 0 Å². The molecule has 1 aliphatic carbocycles. The van der Waals surface area contributed by atoms with Gasteiger partial charge in [0.1, 0.15) is 0 Å². The van der Waals surface area contributed by atoms with E-state index in [1.807, 2.05) is 61.5 Å². The summed E-state index contributed by atoms with van der Waals surface area (Å²) in [5, 5.41) is 0. The van der Waals surface area contributed by atoms with Gasteiger partial charge in [0.05, 0.1) is 5.41 Å². The normalized spacial score (nSPS) is 20.0. The minimum Gasteiger partial charge on any atom is -0.293 e. The molecule has 0 spiro atoms. The first-order chi connectivity index (χ1) is 10.2. The van der Waals surface area contributed by atoms with E-state index in [4.69, 9.17) is 0 Å². The average Bonchev–Trinajstić information content (AvgIpc) is 2.56. The van der Waals surface area contributed by atoms with Crippen LogP contribution in [0.1, 0.15) is 29.3 Å². The van der Waals surface area contributed by atoms with Crippen LogP contribution in [0.15, 0.2) is 78.9 Å². The maximum atomic E-state index is 12.7. The van der Waals surface area contributed by atoms with Crippen molar-refractivity contribution in [3.05, 3.63) is 90.0 Å². The van der Waals surface area contributed by atoms with E-state index in [2.05, 4.69) is 24.3 Å². The van der Waals surface area contributed by atoms with Crippen LogP contribution in [0.2, 0.25) is 0 Å². The Kier molecular flexibility index (Phi) is 5.04. The van der Waals surface area contributed by atoms with Crippen LogP contribution in [0.5, 0.6) is 0 Å². The molecule has 112 valence electrons. The van der Waals surface area contributed by atoms with Crippen LogP contribution >= 0.6 is 13.5 Å². The zero-order chi connectivity index (χ0) is 14.7. The van der Waals surface area contributed by atoms with Crippen molar-refractivity contribution < 1.29 is 4.79 Å². The van der Waals surface area contributed by atoms with Crippen molar-refractivity contribution in [2.24, 2.45) is 5.41 Å². The third-order valence-electron chi connectivity index (χ3n) is 4.04. The van der Waals surface area contributed by atoms with Gasteiger partial charge in [0.15, 0.2) is 5.78 Å². The summed E-state index contributed by atoms with van der Waals surface area (Å²) < 4.78 is 0. The van der Waals surface area contributed by atoms with Crippen molar-refractivity contribution >= 4 is 24.9 Å². The second-order valence-electron chi connectivity index (χ2n) is 5.68. The standard InChI is InChI=1S/C20H18O.H2S/c1-20(19(21)18-10-6-3-7-11-18)14-12-17(13-15-20)16-8-4-2-5-9-16;/h2-14H,15H2,1H3;1H2. The molecule has 0 fully saturated rings. The van der Waals surface area contributed by atoms with Crippen LogP contribution in [-0.4, -0.2) is 5.78 Å².